The first-order valence-corrected chi connectivity index (χ1v) is 11.9. The Hall–Kier alpha value is -2.13. The molecule has 0 aliphatic carbocycles. The third-order valence-electron chi connectivity index (χ3n) is 6.95. The van der Waals surface area contributed by atoms with Crippen molar-refractivity contribution in [1.82, 2.24) is 0 Å². The number of hydrogen-bond donors (Lipinski definition) is 0. The molecule has 3 heteroatoms. The van der Waals surface area contributed by atoms with Crippen LogP contribution in [-0.2, 0) is 22.5 Å². The molecule has 3 aromatic rings. The molecule has 1 heterocycles. The second-order valence-corrected chi connectivity index (χ2v) is 9.66. The van der Waals surface area contributed by atoms with E-state index in [0.717, 1.165) is 22.6 Å². The minimum atomic E-state index is -0.117. The zero-order valence-corrected chi connectivity index (χ0v) is 20.2. The van der Waals surface area contributed by atoms with Crippen molar-refractivity contribution < 1.29 is 9.47 Å². The van der Waals surface area contributed by atoms with Crippen LogP contribution in [0.1, 0.15) is 54.7 Å². The molecule has 1 fully saturated rings. The lowest BCUT2D eigenvalue weighted by Crippen LogP contribution is -2.45. The Morgan fingerprint density at radius 2 is 1.56 bits per heavy atom. The van der Waals surface area contributed by atoms with Crippen LogP contribution in [-0.4, -0.2) is 12.2 Å². The molecule has 1 saturated heterocycles. The number of hydrogen-bond acceptors (Lipinski definition) is 2. The molecule has 0 N–H and O–H groups in total. The maximum atomic E-state index is 6.60. The van der Waals surface area contributed by atoms with Crippen molar-refractivity contribution in [2.75, 3.05) is 0 Å². The smallest absolute Gasteiger partial charge is 0.109 e. The van der Waals surface area contributed by atoms with Gasteiger partial charge in [-0.25, -0.2) is 0 Å². The highest BCUT2D eigenvalue weighted by Crippen LogP contribution is 2.41. The second kappa shape index (κ2) is 10.2. The Kier molecular flexibility index (Phi) is 7.35. The summed E-state index contributed by atoms with van der Waals surface area (Å²) in [4.78, 5) is 0. The summed E-state index contributed by atoms with van der Waals surface area (Å²) in [6.07, 6.45) is 0.836. The van der Waals surface area contributed by atoms with Crippen LogP contribution < -0.4 is 0 Å². The van der Waals surface area contributed by atoms with Crippen LogP contribution in [0.4, 0.5) is 0 Å². The highest BCUT2D eigenvalue weighted by atomic mass is 35.5. The molecule has 0 aromatic heterocycles. The van der Waals surface area contributed by atoms with Gasteiger partial charge >= 0.3 is 0 Å². The Morgan fingerprint density at radius 1 is 0.844 bits per heavy atom. The highest BCUT2D eigenvalue weighted by Gasteiger charge is 2.41. The third kappa shape index (κ3) is 5.26. The summed E-state index contributed by atoms with van der Waals surface area (Å²) < 4.78 is 13.1. The van der Waals surface area contributed by atoms with Gasteiger partial charge in [-0.05, 0) is 60.4 Å². The molecule has 3 aromatic carbocycles. The topological polar surface area (TPSA) is 18.5 Å². The van der Waals surface area contributed by atoms with Gasteiger partial charge in [0.05, 0.1) is 18.8 Å². The maximum Gasteiger partial charge on any atom is 0.109 e. The van der Waals surface area contributed by atoms with Crippen molar-refractivity contribution in [2.24, 2.45) is 11.8 Å². The monoisotopic (exact) mass is 448 g/mol. The van der Waals surface area contributed by atoms with Gasteiger partial charge in [-0.15, -0.1) is 0 Å². The van der Waals surface area contributed by atoms with Crippen LogP contribution in [0.5, 0.6) is 0 Å². The lowest BCUT2D eigenvalue weighted by molar-refractivity contribution is -0.188. The van der Waals surface area contributed by atoms with E-state index in [4.69, 9.17) is 21.1 Å². The third-order valence-corrected chi connectivity index (χ3v) is 7.32. The standard InChI is InChI=1S/C29H33ClO2/c1-19-10-12-23(13-11-19)16-26-17-25(14-15-27(26)30)29-28(21(3)20(2)22(4)32-29)31-18-24-8-6-5-7-9-24/h5-15,17,20-22,28-29H,16,18H2,1-4H3. The van der Waals surface area contributed by atoms with Crippen LogP contribution in [0.2, 0.25) is 5.02 Å². The van der Waals surface area contributed by atoms with E-state index < -0.39 is 0 Å². The van der Waals surface area contributed by atoms with Gasteiger partial charge < -0.3 is 9.47 Å². The van der Waals surface area contributed by atoms with Crippen molar-refractivity contribution in [2.45, 2.75) is 59.0 Å². The lowest BCUT2D eigenvalue weighted by Gasteiger charge is -2.44. The number of rotatable bonds is 6. The normalized spacial score (nSPS) is 25.6. The van der Waals surface area contributed by atoms with E-state index in [9.17, 15) is 0 Å². The lowest BCUT2D eigenvalue weighted by atomic mass is 9.79. The zero-order chi connectivity index (χ0) is 22.7. The van der Waals surface area contributed by atoms with Crippen molar-refractivity contribution >= 4 is 11.6 Å². The van der Waals surface area contributed by atoms with Crippen molar-refractivity contribution in [3.8, 4) is 0 Å². The summed E-state index contributed by atoms with van der Waals surface area (Å²) in [6.45, 7) is 9.41. The molecule has 32 heavy (non-hydrogen) atoms. The summed E-state index contributed by atoms with van der Waals surface area (Å²) in [7, 11) is 0. The van der Waals surface area contributed by atoms with E-state index in [-0.39, 0.29) is 18.3 Å². The van der Waals surface area contributed by atoms with E-state index in [1.807, 2.05) is 12.1 Å². The molecule has 0 bridgehead atoms. The minimum Gasteiger partial charge on any atom is -0.370 e. The largest absolute Gasteiger partial charge is 0.370 e. The Bertz CT molecular complexity index is 1020. The van der Waals surface area contributed by atoms with Crippen molar-refractivity contribution in [1.29, 1.82) is 0 Å². The first-order chi connectivity index (χ1) is 15.4. The molecule has 0 radical (unpaired) electrons. The van der Waals surface area contributed by atoms with Gasteiger partial charge in [-0.1, -0.05) is 97.7 Å². The zero-order valence-electron chi connectivity index (χ0n) is 19.4. The average Bonchev–Trinajstić information content (AvgIpc) is 2.80. The average molecular weight is 449 g/mol. The molecular weight excluding hydrogens is 416 g/mol. The van der Waals surface area contributed by atoms with Gasteiger partial charge in [0.15, 0.2) is 0 Å². The maximum absolute atomic E-state index is 6.60. The van der Waals surface area contributed by atoms with Gasteiger partial charge in [0, 0.05) is 5.02 Å². The highest BCUT2D eigenvalue weighted by molar-refractivity contribution is 6.31. The summed E-state index contributed by atoms with van der Waals surface area (Å²) in [5.74, 6) is 0.801. The molecule has 168 valence electrons. The number of ether oxygens (including phenoxy) is 2. The van der Waals surface area contributed by atoms with Crippen molar-refractivity contribution in [3.05, 3.63) is 106 Å². The Labute approximate surface area is 197 Å². The Morgan fingerprint density at radius 3 is 2.28 bits per heavy atom. The molecule has 5 unspecified atom stereocenters. The quantitative estimate of drug-likeness (QED) is 0.387. The molecule has 1 aliphatic heterocycles. The molecule has 1 aliphatic rings. The van der Waals surface area contributed by atoms with Gasteiger partial charge in [-0.2, -0.15) is 0 Å². The van der Waals surface area contributed by atoms with E-state index in [0.29, 0.717) is 18.4 Å². The minimum absolute atomic E-state index is 0.0187. The van der Waals surface area contributed by atoms with Crippen LogP contribution in [0.25, 0.3) is 0 Å². The van der Waals surface area contributed by atoms with Gasteiger partial charge in [0.2, 0.25) is 0 Å². The summed E-state index contributed by atoms with van der Waals surface area (Å²) in [5, 5.41) is 0.793. The van der Waals surface area contributed by atoms with Gasteiger partial charge in [-0.3, -0.25) is 0 Å². The first-order valence-electron chi connectivity index (χ1n) is 11.6. The van der Waals surface area contributed by atoms with Crippen LogP contribution >= 0.6 is 11.6 Å². The van der Waals surface area contributed by atoms with E-state index >= 15 is 0 Å². The summed E-state index contributed by atoms with van der Waals surface area (Å²) in [5.41, 5.74) is 5.96. The van der Waals surface area contributed by atoms with E-state index in [1.54, 1.807) is 0 Å². The second-order valence-electron chi connectivity index (χ2n) is 9.25. The molecular formula is C29H33ClO2. The number of benzene rings is 3. The molecule has 0 amide bonds. The molecule has 2 nitrogen and oxygen atoms in total. The molecule has 0 saturated carbocycles. The predicted molar refractivity (Wildman–Crippen MR) is 132 cm³/mol. The van der Waals surface area contributed by atoms with Crippen LogP contribution in [0.3, 0.4) is 0 Å². The number of aryl methyl sites for hydroxylation is 1. The van der Waals surface area contributed by atoms with Gasteiger partial charge in [0.25, 0.3) is 0 Å². The predicted octanol–water partition coefficient (Wildman–Crippen LogP) is 7.56. The first kappa shape index (κ1) is 23.0. The molecule has 5 atom stereocenters. The van der Waals surface area contributed by atoms with Crippen LogP contribution in [0, 0.1) is 18.8 Å². The summed E-state index contributed by atoms with van der Waals surface area (Å²) >= 11 is 6.60. The van der Waals surface area contributed by atoms with Crippen molar-refractivity contribution in [3.63, 3.8) is 0 Å². The van der Waals surface area contributed by atoms with Crippen LogP contribution in [0.15, 0.2) is 72.8 Å². The van der Waals surface area contributed by atoms with E-state index in [1.165, 1.54) is 16.7 Å². The summed E-state index contributed by atoms with van der Waals surface area (Å²) in [6, 6.07) is 25.3. The Balaban J connectivity index is 1.60. The fraction of sp³-hybridized carbons (Fsp3) is 0.379. The fourth-order valence-electron chi connectivity index (χ4n) is 4.54. The molecule has 0 spiro atoms. The van der Waals surface area contributed by atoms with E-state index in [2.05, 4.69) is 88.4 Å². The fourth-order valence-corrected chi connectivity index (χ4v) is 4.73. The number of halogens is 1. The van der Waals surface area contributed by atoms with Gasteiger partial charge in [0.1, 0.15) is 6.10 Å². The molecule has 4 rings (SSSR count). The SMILES string of the molecule is Cc1ccc(Cc2cc(C3OC(C)C(C)C(C)C3OCc3ccccc3)ccc2Cl)cc1.